The second kappa shape index (κ2) is 26.4. The highest BCUT2D eigenvalue weighted by molar-refractivity contribution is 5.66. The van der Waals surface area contributed by atoms with Gasteiger partial charge in [0.15, 0.2) is 0 Å². The number of unbranched alkanes of at least 4 members (excludes halogenated alkanes) is 16. The number of carbonyl (C=O) groups is 1. The fraction of sp³-hybridized carbons (Fsp3) is 0.958. The van der Waals surface area contributed by atoms with Gasteiger partial charge in [-0.25, -0.2) is 0 Å². The lowest BCUT2D eigenvalue weighted by Crippen LogP contribution is -2.20. The number of nitrogens with zero attached hydrogens (tertiary/aromatic N) is 1. The van der Waals surface area contributed by atoms with Crippen molar-refractivity contribution in [2.24, 2.45) is 5.73 Å². The standard InChI is InChI=1S/C20H40O2.C4H12N2/c1-2-3-4-5-6-7-8-9-10-11-12-13-14-15-16-17-18-19-20(21)22;1-6(2)4-3-5/h2-19H2,1H3,(H,21,22);3-5H2,1-2H3. The molecule has 4 nitrogen and oxygen atoms in total. The Hall–Kier alpha value is -0.610. The SMILES string of the molecule is CCCCCCCCCCCCCCCCCCCC(=O)O.CN(C)CCN. The molecule has 0 atom stereocenters. The quantitative estimate of drug-likeness (QED) is 0.225. The van der Waals surface area contributed by atoms with Crippen LogP contribution in [0.25, 0.3) is 0 Å². The van der Waals surface area contributed by atoms with Gasteiger partial charge in [-0.3, -0.25) is 4.79 Å². The molecule has 0 radical (unpaired) electrons. The van der Waals surface area contributed by atoms with Crippen molar-refractivity contribution in [2.45, 2.75) is 122 Å². The average Bonchev–Trinajstić information content (AvgIpc) is 2.64. The minimum atomic E-state index is -0.652. The lowest BCUT2D eigenvalue weighted by Gasteiger charge is -2.03. The summed E-state index contributed by atoms with van der Waals surface area (Å²) in [7, 11) is 4.01. The summed E-state index contributed by atoms with van der Waals surface area (Å²) in [4.78, 5) is 12.4. The molecule has 0 rings (SSSR count). The fourth-order valence-corrected chi connectivity index (χ4v) is 3.26. The number of nitrogens with two attached hydrogens (primary N) is 1. The number of carboxylic acid groups (broad SMARTS) is 1. The predicted molar refractivity (Wildman–Crippen MR) is 124 cm³/mol. The molecular weight excluding hydrogens is 348 g/mol. The van der Waals surface area contributed by atoms with Crippen molar-refractivity contribution in [3.05, 3.63) is 0 Å². The molecule has 4 heteroatoms. The Bertz CT molecular complexity index is 296. The van der Waals surface area contributed by atoms with Gasteiger partial charge in [0.25, 0.3) is 0 Å². The zero-order valence-corrected chi connectivity index (χ0v) is 19.5. The van der Waals surface area contributed by atoms with Crippen molar-refractivity contribution in [2.75, 3.05) is 27.2 Å². The molecule has 0 aromatic carbocycles. The van der Waals surface area contributed by atoms with E-state index in [1.54, 1.807) is 0 Å². The predicted octanol–water partition coefficient (Wildman–Crippen LogP) is 6.62. The Morgan fingerprint density at radius 1 is 0.679 bits per heavy atom. The Balaban J connectivity index is 0. The van der Waals surface area contributed by atoms with E-state index in [4.69, 9.17) is 10.8 Å². The number of hydrogen-bond donors (Lipinski definition) is 2. The molecule has 0 amide bonds. The molecule has 170 valence electrons. The van der Waals surface area contributed by atoms with Crippen LogP contribution in [0.3, 0.4) is 0 Å². The first kappa shape index (κ1) is 29.6. The first-order chi connectivity index (χ1) is 13.5. The van der Waals surface area contributed by atoms with E-state index in [-0.39, 0.29) is 0 Å². The van der Waals surface area contributed by atoms with Crippen molar-refractivity contribution in [1.82, 2.24) is 4.90 Å². The topological polar surface area (TPSA) is 66.6 Å². The molecule has 0 aliphatic heterocycles. The summed E-state index contributed by atoms with van der Waals surface area (Å²) < 4.78 is 0. The van der Waals surface area contributed by atoms with Crippen LogP contribution in [0.15, 0.2) is 0 Å². The zero-order valence-electron chi connectivity index (χ0n) is 19.5. The van der Waals surface area contributed by atoms with Gasteiger partial charge in [0, 0.05) is 19.5 Å². The van der Waals surface area contributed by atoms with Gasteiger partial charge in [-0.05, 0) is 20.5 Å². The third kappa shape index (κ3) is 33.0. The van der Waals surface area contributed by atoms with Crippen LogP contribution in [-0.4, -0.2) is 43.2 Å². The van der Waals surface area contributed by atoms with E-state index in [0.717, 1.165) is 25.9 Å². The van der Waals surface area contributed by atoms with Gasteiger partial charge in [-0.1, -0.05) is 110 Å². The lowest BCUT2D eigenvalue weighted by molar-refractivity contribution is -0.137. The van der Waals surface area contributed by atoms with Gasteiger partial charge in [0.05, 0.1) is 0 Å². The summed E-state index contributed by atoms with van der Waals surface area (Å²) in [5.74, 6) is -0.652. The van der Waals surface area contributed by atoms with E-state index in [0.29, 0.717) is 6.42 Å². The summed E-state index contributed by atoms with van der Waals surface area (Å²) in [5, 5.41) is 8.54. The van der Waals surface area contributed by atoms with Crippen molar-refractivity contribution in [1.29, 1.82) is 0 Å². The number of hydrogen-bond acceptors (Lipinski definition) is 3. The van der Waals surface area contributed by atoms with Gasteiger partial charge in [-0.2, -0.15) is 0 Å². The zero-order chi connectivity index (χ0) is 21.3. The second-order valence-corrected chi connectivity index (χ2v) is 8.39. The minimum Gasteiger partial charge on any atom is -0.481 e. The maximum Gasteiger partial charge on any atom is 0.303 e. The molecule has 0 saturated heterocycles. The lowest BCUT2D eigenvalue weighted by atomic mass is 10.0. The minimum absolute atomic E-state index is 0.346. The first-order valence-corrected chi connectivity index (χ1v) is 12.1. The Kier molecular flexibility index (Phi) is 27.9. The highest BCUT2D eigenvalue weighted by atomic mass is 16.4. The van der Waals surface area contributed by atoms with Gasteiger partial charge in [0.2, 0.25) is 0 Å². The molecule has 0 heterocycles. The molecule has 28 heavy (non-hydrogen) atoms. The molecule has 3 N–H and O–H groups in total. The van der Waals surface area contributed by atoms with Crippen LogP contribution in [-0.2, 0) is 4.79 Å². The first-order valence-electron chi connectivity index (χ1n) is 12.1. The summed E-state index contributed by atoms with van der Waals surface area (Å²) in [6, 6.07) is 0. The van der Waals surface area contributed by atoms with E-state index in [1.165, 1.54) is 96.3 Å². The third-order valence-electron chi connectivity index (χ3n) is 5.07. The van der Waals surface area contributed by atoms with E-state index < -0.39 is 5.97 Å². The monoisotopic (exact) mass is 400 g/mol. The molecule has 0 aromatic heterocycles. The summed E-state index contributed by atoms with van der Waals surface area (Å²) in [6.07, 6.45) is 23.1. The molecular formula is C24H52N2O2. The van der Waals surface area contributed by atoms with Gasteiger partial charge in [0.1, 0.15) is 0 Å². The fourth-order valence-electron chi connectivity index (χ4n) is 3.26. The number of carboxylic acids is 1. The van der Waals surface area contributed by atoms with E-state index in [1.807, 2.05) is 14.1 Å². The Morgan fingerprint density at radius 3 is 1.21 bits per heavy atom. The number of aliphatic carboxylic acids is 1. The molecule has 0 aliphatic carbocycles. The van der Waals surface area contributed by atoms with Crippen LogP contribution < -0.4 is 5.73 Å². The molecule has 0 saturated carbocycles. The van der Waals surface area contributed by atoms with Gasteiger partial charge >= 0.3 is 5.97 Å². The summed E-state index contributed by atoms with van der Waals surface area (Å²) >= 11 is 0. The molecule has 0 aromatic rings. The van der Waals surface area contributed by atoms with Crippen LogP contribution in [0.2, 0.25) is 0 Å². The molecule has 0 aliphatic rings. The Morgan fingerprint density at radius 2 is 1.00 bits per heavy atom. The number of likely N-dealkylation sites (N-methyl/N-ethyl adjacent to an activating group) is 1. The van der Waals surface area contributed by atoms with Crippen molar-refractivity contribution < 1.29 is 9.90 Å². The highest BCUT2D eigenvalue weighted by Crippen LogP contribution is 2.14. The summed E-state index contributed by atoms with van der Waals surface area (Å²) in [5.41, 5.74) is 5.19. The van der Waals surface area contributed by atoms with Crippen molar-refractivity contribution >= 4 is 5.97 Å². The van der Waals surface area contributed by atoms with Gasteiger partial charge < -0.3 is 15.7 Å². The van der Waals surface area contributed by atoms with Crippen molar-refractivity contribution in [3.8, 4) is 0 Å². The molecule has 0 unspecified atom stereocenters. The van der Waals surface area contributed by atoms with Crippen molar-refractivity contribution in [3.63, 3.8) is 0 Å². The maximum absolute atomic E-state index is 10.4. The normalized spacial score (nSPS) is 10.8. The van der Waals surface area contributed by atoms with Crippen LogP contribution in [0.1, 0.15) is 122 Å². The van der Waals surface area contributed by atoms with E-state index >= 15 is 0 Å². The maximum atomic E-state index is 10.4. The molecule has 0 spiro atoms. The van der Waals surface area contributed by atoms with Crippen LogP contribution in [0.5, 0.6) is 0 Å². The number of rotatable bonds is 20. The van der Waals surface area contributed by atoms with Gasteiger partial charge in [-0.15, -0.1) is 0 Å². The smallest absolute Gasteiger partial charge is 0.303 e. The average molecular weight is 401 g/mol. The largest absolute Gasteiger partial charge is 0.481 e. The van der Waals surface area contributed by atoms with Crippen LogP contribution >= 0.6 is 0 Å². The van der Waals surface area contributed by atoms with Crippen LogP contribution in [0, 0.1) is 0 Å². The highest BCUT2D eigenvalue weighted by Gasteiger charge is 1.97. The molecule has 0 fully saturated rings. The van der Waals surface area contributed by atoms with E-state index in [9.17, 15) is 4.79 Å². The van der Waals surface area contributed by atoms with E-state index in [2.05, 4.69) is 11.8 Å². The Labute approximate surface area is 176 Å². The second-order valence-electron chi connectivity index (χ2n) is 8.39. The third-order valence-corrected chi connectivity index (χ3v) is 5.07. The molecule has 0 bridgehead atoms. The van der Waals surface area contributed by atoms with Crippen LogP contribution in [0.4, 0.5) is 0 Å². The summed E-state index contributed by atoms with van der Waals surface area (Å²) in [6.45, 7) is 4.02.